The molecule has 0 saturated heterocycles. The Balaban J connectivity index is 3.36. The summed E-state index contributed by atoms with van der Waals surface area (Å²) in [5, 5.41) is 6.18. The van der Waals surface area contributed by atoms with Crippen LogP contribution in [0.3, 0.4) is 0 Å². The zero-order chi connectivity index (χ0) is 20.7. The van der Waals surface area contributed by atoms with Crippen LogP contribution in [0.5, 0.6) is 0 Å². The standard InChI is InChI=1S/C21H32FN5/c1-8-12(3)13(4)10-17(9-2)26-20-18(15(6)24)11-19(22)21(27-20)25-16(7)14(5)23/h9-11,14,16H,2,6,8,23-24H2,1,3-5,7H3,(H2,25,26,27)/b13-12+,17-10+/t14-,16?/m0/s1. The molecule has 6 N–H and O–H groups in total. The molecular weight excluding hydrogens is 341 g/mol. The van der Waals surface area contributed by atoms with Gasteiger partial charge >= 0.3 is 0 Å². The van der Waals surface area contributed by atoms with E-state index in [0.29, 0.717) is 11.4 Å². The number of anilines is 2. The van der Waals surface area contributed by atoms with Gasteiger partial charge in [-0.25, -0.2) is 9.37 Å². The van der Waals surface area contributed by atoms with Crippen molar-refractivity contribution in [1.82, 2.24) is 4.98 Å². The van der Waals surface area contributed by atoms with Crippen molar-refractivity contribution < 1.29 is 4.39 Å². The molecule has 6 heteroatoms. The first-order chi connectivity index (χ1) is 12.6. The van der Waals surface area contributed by atoms with Crippen LogP contribution in [0.25, 0.3) is 5.70 Å². The summed E-state index contributed by atoms with van der Waals surface area (Å²) in [5.74, 6) is -0.0132. The monoisotopic (exact) mass is 373 g/mol. The van der Waals surface area contributed by atoms with E-state index in [9.17, 15) is 4.39 Å². The molecule has 0 aliphatic heterocycles. The van der Waals surface area contributed by atoms with Crippen LogP contribution in [0.1, 0.15) is 46.6 Å². The number of hydrogen-bond acceptors (Lipinski definition) is 5. The lowest BCUT2D eigenvalue weighted by Crippen LogP contribution is -2.35. The molecule has 27 heavy (non-hydrogen) atoms. The molecule has 5 nitrogen and oxygen atoms in total. The lowest BCUT2D eigenvalue weighted by atomic mass is 10.1. The van der Waals surface area contributed by atoms with E-state index >= 15 is 0 Å². The van der Waals surface area contributed by atoms with Crippen LogP contribution in [0.2, 0.25) is 0 Å². The van der Waals surface area contributed by atoms with E-state index in [1.807, 2.05) is 26.8 Å². The van der Waals surface area contributed by atoms with Gasteiger partial charge in [0.1, 0.15) is 5.82 Å². The minimum atomic E-state index is -0.517. The zero-order valence-corrected chi connectivity index (χ0v) is 17.0. The van der Waals surface area contributed by atoms with E-state index < -0.39 is 5.82 Å². The Labute approximate surface area is 162 Å². The lowest BCUT2D eigenvalue weighted by Gasteiger charge is -2.20. The van der Waals surface area contributed by atoms with E-state index in [-0.39, 0.29) is 23.6 Å². The molecule has 0 spiro atoms. The molecule has 0 fully saturated rings. The highest BCUT2D eigenvalue weighted by atomic mass is 19.1. The van der Waals surface area contributed by atoms with Gasteiger partial charge in [-0.15, -0.1) is 0 Å². The van der Waals surface area contributed by atoms with Gasteiger partial charge in [0.15, 0.2) is 11.6 Å². The van der Waals surface area contributed by atoms with Gasteiger partial charge in [0.2, 0.25) is 0 Å². The first-order valence-corrected chi connectivity index (χ1v) is 9.05. The van der Waals surface area contributed by atoms with Gasteiger partial charge in [-0.2, -0.15) is 0 Å². The summed E-state index contributed by atoms with van der Waals surface area (Å²) in [5.41, 5.74) is 15.4. The van der Waals surface area contributed by atoms with Crippen LogP contribution < -0.4 is 22.1 Å². The summed E-state index contributed by atoms with van der Waals surface area (Å²) >= 11 is 0. The van der Waals surface area contributed by atoms with Crippen LogP contribution in [-0.4, -0.2) is 17.1 Å². The molecule has 1 unspecified atom stereocenters. The molecule has 0 aromatic carbocycles. The Bertz CT molecular complexity index is 762. The molecule has 0 saturated carbocycles. The Hall–Kier alpha value is -2.60. The predicted octanol–water partition coefficient (Wildman–Crippen LogP) is 4.53. The second-order valence-electron chi connectivity index (χ2n) is 6.78. The second kappa shape index (κ2) is 9.92. The molecule has 0 bridgehead atoms. The zero-order valence-electron chi connectivity index (χ0n) is 17.0. The van der Waals surface area contributed by atoms with Crippen molar-refractivity contribution in [3.05, 3.63) is 59.6 Å². The normalized spacial score (nSPS) is 14.9. The van der Waals surface area contributed by atoms with Gasteiger partial charge in [0, 0.05) is 29.0 Å². The van der Waals surface area contributed by atoms with E-state index in [1.54, 1.807) is 6.08 Å². The molecule has 1 heterocycles. The third kappa shape index (κ3) is 6.25. The highest BCUT2D eigenvalue weighted by Gasteiger charge is 2.16. The fraction of sp³-hybridized carbons (Fsp3) is 0.381. The molecule has 0 aliphatic rings. The molecule has 1 aromatic rings. The van der Waals surface area contributed by atoms with Crippen LogP contribution in [-0.2, 0) is 0 Å². The van der Waals surface area contributed by atoms with Crippen LogP contribution in [0.15, 0.2) is 48.2 Å². The summed E-state index contributed by atoms with van der Waals surface area (Å²) in [7, 11) is 0. The van der Waals surface area contributed by atoms with Gasteiger partial charge in [-0.3, -0.25) is 0 Å². The smallest absolute Gasteiger partial charge is 0.166 e. The number of nitrogens with zero attached hydrogens (tertiary/aromatic N) is 1. The largest absolute Gasteiger partial charge is 0.399 e. The molecule has 0 radical (unpaired) electrons. The average molecular weight is 374 g/mol. The molecule has 1 aromatic heterocycles. The van der Waals surface area contributed by atoms with Crippen molar-refractivity contribution in [1.29, 1.82) is 0 Å². The van der Waals surface area contributed by atoms with Gasteiger partial charge < -0.3 is 22.1 Å². The number of pyridine rings is 1. The maximum absolute atomic E-state index is 14.5. The molecule has 148 valence electrons. The quantitative estimate of drug-likeness (QED) is 0.478. The topological polar surface area (TPSA) is 89.0 Å². The predicted molar refractivity (Wildman–Crippen MR) is 115 cm³/mol. The van der Waals surface area contributed by atoms with Crippen LogP contribution in [0, 0.1) is 5.82 Å². The Morgan fingerprint density at radius 3 is 2.44 bits per heavy atom. The maximum Gasteiger partial charge on any atom is 0.166 e. The van der Waals surface area contributed by atoms with Crippen molar-refractivity contribution in [3.8, 4) is 0 Å². The van der Waals surface area contributed by atoms with E-state index in [4.69, 9.17) is 11.5 Å². The first-order valence-electron chi connectivity index (χ1n) is 9.05. The number of nitrogens with one attached hydrogen (secondary N) is 2. The third-order valence-corrected chi connectivity index (χ3v) is 4.53. The van der Waals surface area contributed by atoms with Gasteiger partial charge in [0.05, 0.1) is 0 Å². The number of aromatic nitrogens is 1. The SMILES string of the molecule is C=C/C(=C\C(C)=C(/C)CC)Nc1nc(NC(C)[C@H](C)N)c(F)cc1C(=C)N. The van der Waals surface area contributed by atoms with Crippen LogP contribution in [0.4, 0.5) is 16.0 Å². The average Bonchev–Trinajstić information content (AvgIpc) is 2.61. The molecule has 1 rings (SSSR count). The second-order valence-corrected chi connectivity index (χ2v) is 6.78. The molecule has 2 atom stereocenters. The van der Waals surface area contributed by atoms with Crippen molar-refractivity contribution in [2.24, 2.45) is 11.5 Å². The van der Waals surface area contributed by atoms with E-state index in [2.05, 4.69) is 42.6 Å². The van der Waals surface area contributed by atoms with E-state index in [0.717, 1.165) is 17.7 Å². The van der Waals surface area contributed by atoms with Gasteiger partial charge in [0.25, 0.3) is 0 Å². The Morgan fingerprint density at radius 1 is 1.33 bits per heavy atom. The maximum atomic E-state index is 14.5. The minimum absolute atomic E-state index is 0.104. The minimum Gasteiger partial charge on any atom is -0.399 e. The number of rotatable bonds is 9. The molecule has 0 amide bonds. The first kappa shape index (κ1) is 22.4. The number of hydrogen-bond donors (Lipinski definition) is 4. The number of nitrogens with two attached hydrogens (primary N) is 2. The highest BCUT2D eigenvalue weighted by molar-refractivity contribution is 5.74. The lowest BCUT2D eigenvalue weighted by molar-refractivity contribution is 0.601. The molecule has 0 aliphatic carbocycles. The van der Waals surface area contributed by atoms with Crippen molar-refractivity contribution in [3.63, 3.8) is 0 Å². The van der Waals surface area contributed by atoms with Crippen molar-refractivity contribution in [2.45, 2.75) is 53.1 Å². The van der Waals surface area contributed by atoms with Gasteiger partial charge in [-0.05, 0) is 52.3 Å². The Morgan fingerprint density at radius 2 is 1.96 bits per heavy atom. The summed E-state index contributed by atoms with van der Waals surface area (Å²) in [6, 6.07) is 0.994. The van der Waals surface area contributed by atoms with E-state index in [1.165, 1.54) is 11.6 Å². The highest BCUT2D eigenvalue weighted by Crippen LogP contribution is 2.26. The Kier molecular flexibility index (Phi) is 8.25. The summed E-state index contributed by atoms with van der Waals surface area (Å²) in [6.45, 7) is 17.5. The number of allylic oxidation sites excluding steroid dienone is 4. The summed E-state index contributed by atoms with van der Waals surface area (Å²) in [6.07, 6.45) is 4.60. The van der Waals surface area contributed by atoms with Crippen molar-refractivity contribution >= 4 is 17.3 Å². The fourth-order valence-electron chi connectivity index (χ4n) is 2.20. The summed E-state index contributed by atoms with van der Waals surface area (Å²) < 4.78 is 14.5. The summed E-state index contributed by atoms with van der Waals surface area (Å²) in [4.78, 5) is 4.38. The third-order valence-electron chi connectivity index (χ3n) is 4.53. The molecular formula is C21H32FN5. The van der Waals surface area contributed by atoms with Crippen LogP contribution >= 0.6 is 0 Å². The fourth-order valence-corrected chi connectivity index (χ4v) is 2.20. The number of halogens is 1. The van der Waals surface area contributed by atoms with Gasteiger partial charge in [-0.1, -0.05) is 31.2 Å². The van der Waals surface area contributed by atoms with Crippen molar-refractivity contribution in [2.75, 3.05) is 10.6 Å².